The molecule has 1 aromatic heterocycles. The van der Waals surface area contributed by atoms with Crippen LogP contribution >= 0.6 is 0 Å². The number of Topliss-reactive ketones (excluding diaryl/α,β-unsaturated/α-hetero) is 1. The fourth-order valence-corrected chi connectivity index (χ4v) is 5.24. The van der Waals surface area contributed by atoms with Crippen molar-refractivity contribution in [2.75, 3.05) is 0 Å². The van der Waals surface area contributed by atoms with Gasteiger partial charge >= 0.3 is 0 Å². The lowest BCUT2D eigenvalue weighted by Gasteiger charge is -2.26. The fraction of sp³-hybridized carbons (Fsp3) is 0.500. The van der Waals surface area contributed by atoms with E-state index in [0.717, 1.165) is 25.7 Å². The summed E-state index contributed by atoms with van der Waals surface area (Å²) in [6.45, 7) is 0. The molecular weight excluding hydrogens is 260 g/mol. The number of nitrogens with zero attached hydrogens (tertiary/aromatic N) is 2. The minimum atomic E-state index is -0.738. The third-order valence-electron chi connectivity index (χ3n) is 4.09. The maximum atomic E-state index is 12.4. The van der Waals surface area contributed by atoms with Gasteiger partial charge in [-0.15, -0.1) is 0 Å². The predicted molar refractivity (Wildman–Crippen MR) is 71.0 cm³/mol. The molecule has 2 unspecified atom stereocenters. The second-order valence-corrected chi connectivity index (χ2v) is 7.25. The Labute approximate surface area is 114 Å². The van der Waals surface area contributed by atoms with E-state index in [4.69, 9.17) is 5.26 Å². The molecule has 0 saturated carbocycles. The highest BCUT2D eigenvalue weighted by molar-refractivity contribution is 7.86. The Morgan fingerprint density at radius 1 is 1.32 bits per heavy atom. The molecule has 0 N–H and O–H groups in total. The van der Waals surface area contributed by atoms with E-state index in [1.54, 1.807) is 6.07 Å². The molecule has 2 saturated heterocycles. The first kappa shape index (κ1) is 12.5. The molecule has 2 fully saturated rings. The Morgan fingerprint density at radius 3 is 2.63 bits per heavy atom. The van der Waals surface area contributed by atoms with Crippen molar-refractivity contribution in [2.45, 2.75) is 36.2 Å². The number of fused-ring (bicyclic) bond motifs is 2. The Balaban J connectivity index is 1.81. The van der Waals surface area contributed by atoms with Crippen LogP contribution in [-0.2, 0) is 10.8 Å². The van der Waals surface area contributed by atoms with E-state index in [9.17, 15) is 9.00 Å². The monoisotopic (exact) mass is 274 g/mol. The first-order chi connectivity index (χ1) is 9.19. The SMILES string of the molecule is N#Cc1cncc(C(=O)C2CC3CCC(C2)S3=O)c1. The summed E-state index contributed by atoms with van der Waals surface area (Å²) in [7, 11) is -0.738. The summed E-state index contributed by atoms with van der Waals surface area (Å²) in [5.41, 5.74) is 0.921. The van der Waals surface area contributed by atoms with Crippen LogP contribution in [0.5, 0.6) is 0 Å². The molecule has 2 atom stereocenters. The summed E-state index contributed by atoms with van der Waals surface area (Å²) >= 11 is 0. The van der Waals surface area contributed by atoms with E-state index < -0.39 is 10.8 Å². The highest BCUT2D eigenvalue weighted by Gasteiger charge is 2.42. The number of carbonyl (C=O) groups excluding carboxylic acids is 1. The van der Waals surface area contributed by atoms with Crippen LogP contribution in [0.25, 0.3) is 0 Å². The van der Waals surface area contributed by atoms with Gasteiger partial charge in [0.15, 0.2) is 5.78 Å². The topological polar surface area (TPSA) is 70.8 Å². The standard InChI is InChI=1S/C14H14N2O2S/c15-6-9-3-11(8-16-7-9)14(17)10-4-12-1-2-13(5-10)19(12)18/h3,7-8,10,12-13H,1-2,4-5H2. The van der Waals surface area contributed by atoms with Gasteiger partial charge in [0.25, 0.3) is 0 Å². The van der Waals surface area contributed by atoms with Crippen LogP contribution in [0.1, 0.15) is 41.6 Å². The smallest absolute Gasteiger partial charge is 0.167 e. The molecule has 4 nitrogen and oxygen atoms in total. The summed E-state index contributed by atoms with van der Waals surface area (Å²) in [5.74, 6) is 0.00384. The minimum absolute atomic E-state index is 0.0501. The first-order valence-corrected chi connectivity index (χ1v) is 7.75. The molecule has 0 spiro atoms. The molecule has 2 aliphatic heterocycles. The van der Waals surface area contributed by atoms with E-state index in [1.165, 1.54) is 12.4 Å². The van der Waals surface area contributed by atoms with Crippen molar-refractivity contribution in [1.29, 1.82) is 5.26 Å². The second-order valence-electron chi connectivity index (χ2n) is 5.26. The number of rotatable bonds is 2. The van der Waals surface area contributed by atoms with Crippen molar-refractivity contribution in [3.63, 3.8) is 0 Å². The summed E-state index contributed by atoms with van der Waals surface area (Å²) in [4.78, 5) is 16.4. The van der Waals surface area contributed by atoms with E-state index in [1.807, 2.05) is 6.07 Å². The van der Waals surface area contributed by atoms with Gasteiger partial charge in [-0.2, -0.15) is 5.26 Å². The summed E-state index contributed by atoms with van der Waals surface area (Å²) < 4.78 is 11.9. The molecule has 0 aromatic carbocycles. The molecule has 19 heavy (non-hydrogen) atoms. The van der Waals surface area contributed by atoms with Crippen molar-refractivity contribution >= 4 is 16.6 Å². The number of pyridine rings is 1. The molecule has 5 heteroatoms. The van der Waals surface area contributed by atoms with Gasteiger partial charge in [-0.1, -0.05) is 0 Å². The van der Waals surface area contributed by atoms with E-state index >= 15 is 0 Å². The lowest BCUT2D eigenvalue weighted by atomic mass is 9.91. The van der Waals surface area contributed by atoms with Crippen LogP contribution < -0.4 is 0 Å². The molecule has 0 aliphatic carbocycles. The van der Waals surface area contributed by atoms with Gasteiger partial charge in [-0.3, -0.25) is 14.0 Å². The third-order valence-corrected chi connectivity index (χ3v) is 6.26. The van der Waals surface area contributed by atoms with E-state index in [0.29, 0.717) is 11.1 Å². The van der Waals surface area contributed by atoms with Gasteiger partial charge in [-0.05, 0) is 31.7 Å². The maximum absolute atomic E-state index is 12.4. The predicted octanol–water partition coefficient (Wildman–Crippen LogP) is 1.83. The zero-order chi connectivity index (χ0) is 13.4. The number of hydrogen-bond acceptors (Lipinski definition) is 4. The minimum Gasteiger partial charge on any atom is -0.294 e. The van der Waals surface area contributed by atoms with Crippen LogP contribution in [0.2, 0.25) is 0 Å². The van der Waals surface area contributed by atoms with Crippen molar-refractivity contribution < 1.29 is 9.00 Å². The molecule has 2 aliphatic rings. The lowest BCUT2D eigenvalue weighted by Crippen LogP contribution is -2.32. The summed E-state index contributed by atoms with van der Waals surface area (Å²) in [6.07, 6.45) is 6.39. The van der Waals surface area contributed by atoms with Crippen LogP contribution in [-0.4, -0.2) is 25.5 Å². The number of ketones is 1. The van der Waals surface area contributed by atoms with Crippen LogP contribution in [0.4, 0.5) is 0 Å². The molecular formula is C14H14N2O2S. The average Bonchev–Trinajstić information content (AvgIpc) is 2.68. The van der Waals surface area contributed by atoms with Gasteiger partial charge in [0, 0.05) is 45.2 Å². The Kier molecular flexibility index (Phi) is 3.19. The highest BCUT2D eigenvalue weighted by atomic mass is 32.2. The van der Waals surface area contributed by atoms with Gasteiger partial charge in [0.2, 0.25) is 0 Å². The lowest BCUT2D eigenvalue weighted by molar-refractivity contribution is 0.0905. The molecule has 2 bridgehead atoms. The second kappa shape index (κ2) is 4.86. The zero-order valence-electron chi connectivity index (χ0n) is 10.4. The molecule has 3 heterocycles. The Bertz CT molecular complexity index is 577. The molecule has 98 valence electrons. The molecule has 0 amide bonds. The summed E-state index contributed by atoms with van der Waals surface area (Å²) in [5, 5.41) is 9.23. The van der Waals surface area contributed by atoms with Crippen LogP contribution in [0, 0.1) is 17.2 Å². The average molecular weight is 274 g/mol. The number of nitriles is 1. The largest absolute Gasteiger partial charge is 0.294 e. The highest BCUT2D eigenvalue weighted by Crippen LogP contribution is 2.39. The van der Waals surface area contributed by atoms with Gasteiger partial charge in [-0.25, -0.2) is 0 Å². The first-order valence-electron chi connectivity index (χ1n) is 6.48. The quantitative estimate of drug-likeness (QED) is 0.771. The van der Waals surface area contributed by atoms with Crippen molar-refractivity contribution in [2.24, 2.45) is 5.92 Å². The van der Waals surface area contributed by atoms with Crippen molar-refractivity contribution in [1.82, 2.24) is 4.98 Å². The number of aromatic nitrogens is 1. The third kappa shape index (κ3) is 2.21. The van der Waals surface area contributed by atoms with Gasteiger partial charge < -0.3 is 0 Å². The fourth-order valence-electron chi connectivity index (χ4n) is 3.12. The Hall–Kier alpha value is -1.54. The molecule has 1 aromatic rings. The zero-order valence-corrected chi connectivity index (χ0v) is 11.2. The molecule has 0 radical (unpaired) electrons. The van der Waals surface area contributed by atoms with Crippen LogP contribution in [0.3, 0.4) is 0 Å². The number of hydrogen-bond donors (Lipinski definition) is 0. The molecule has 3 rings (SSSR count). The Morgan fingerprint density at radius 2 is 2.00 bits per heavy atom. The normalized spacial score (nSPS) is 32.8. The van der Waals surface area contributed by atoms with Crippen molar-refractivity contribution in [3.8, 4) is 6.07 Å². The van der Waals surface area contributed by atoms with Crippen molar-refractivity contribution in [3.05, 3.63) is 29.6 Å². The van der Waals surface area contributed by atoms with Gasteiger partial charge in [0.1, 0.15) is 6.07 Å². The summed E-state index contributed by atoms with van der Waals surface area (Å²) in [6, 6.07) is 3.60. The van der Waals surface area contributed by atoms with E-state index in [2.05, 4.69) is 4.98 Å². The maximum Gasteiger partial charge on any atom is 0.167 e. The van der Waals surface area contributed by atoms with Gasteiger partial charge in [0.05, 0.1) is 5.56 Å². The number of carbonyl (C=O) groups is 1. The van der Waals surface area contributed by atoms with Crippen LogP contribution in [0.15, 0.2) is 18.5 Å². The van der Waals surface area contributed by atoms with E-state index in [-0.39, 0.29) is 22.2 Å².